The maximum absolute atomic E-state index is 11.4. The molecule has 0 saturated carbocycles. The minimum atomic E-state index is 0.0345. The molecule has 0 aliphatic carbocycles. The molecule has 0 heterocycles. The van der Waals surface area contributed by atoms with Gasteiger partial charge in [-0.25, -0.2) is 0 Å². The predicted molar refractivity (Wildman–Crippen MR) is 67.8 cm³/mol. The lowest BCUT2D eigenvalue weighted by Gasteiger charge is -2.07. The summed E-state index contributed by atoms with van der Waals surface area (Å²) in [5.41, 5.74) is 1.82. The van der Waals surface area contributed by atoms with Gasteiger partial charge in [0.2, 0.25) is 5.91 Å². The summed E-state index contributed by atoms with van der Waals surface area (Å²) in [4.78, 5) is 11.4. The average Bonchev–Trinajstić information content (AvgIpc) is 2.19. The van der Waals surface area contributed by atoms with Gasteiger partial charge in [0.25, 0.3) is 0 Å². The van der Waals surface area contributed by atoms with Crippen molar-refractivity contribution in [2.75, 3.05) is 16.8 Å². The molecule has 82 valence electrons. The molecule has 1 aromatic carbocycles. The van der Waals surface area contributed by atoms with E-state index in [-0.39, 0.29) is 5.91 Å². The average molecular weight is 244 g/mol. The van der Waals surface area contributed by atoms with Crippen molar-refractivity contribution in [2.24, 2.45) is 0 Å². The van der Waals surface area contributed by atoms with E-state index in [1.165, 1.54) is 0 Å². The number of hydrogen-bond donors (Lipinski definition) is 1. The minimum absolute atomic E-state index is 0.0345. The summed E-state index contributed by atoms with van der Waals surface area (Å²) in [5.74, 6) is 1.48. The van der Waals surface area contributed by atoms with E-state index in [1.807, 2.05) is 26.0 Å². The Morgan fingerprint density at radius 2 is 2.27 bits per heavy atom. The number of amides is 1. The van der Waals surface area contributed by atoms with E-state index in [4.69, 9.17) is 11.6 Å². The number of thioether (sulfide) groups is 1. The van der Waals surface area contributed by atoms with Crippen molar-refractivity contribution in [1.29, 1.82) is 0 Å². The van der Waals surface area contributed by atoms with E-state index in [9.17, 15) is 4.79 Å². The largest absolute Gasteiger partial charge is 0.325 e. The Kier molecular flexibility index (Phi) is 4.99. The van der Waals surface area contributed by atoms with Crippen LogP contribution in [0, 0.1) is 6.92 Å². The zero-order valence-corrected chi connectivity index (χ0v) is 10.4. The van der Waals surface area contributed by atoms with Crippen LogP contribution in [0.1, 0.15) is 12.5 Å². The van der Waals surface area contributed by atoms with Gasteiger partial charge in [0.05, 0.1) is 5.75 Å². The van der Waals surface area contributed by atoms with Gasteiger partial charge in [-0.15, -0.1) is 0 Å². The van der Waals surface area contributed by atoms with E-state index in [1.54, 1.807) is 17.8 Å². The van der Waals surface area contributed by atoms with Gasteiger partial charge in [-0.1, -0.05) is 18.5 Å². The van der Waals surface area contributed by atoms with Crippen molar-refractivity contribution in [1.82, 2.24) is 0 Å². The second-order valence-corrected chi connectivity index (χ2v) is 4.86. The van der Waals surface area contributed by atoms with E-state index >= 15 is 0 Å². The van der Waals surface area contributed by atoms with Gasteiger partial charge in [0.15, 0.2) is 0 Å². The van der Waals surface area contributed by atoms with Crippen molar-refractivity contribution >= 4 is 35.0 Å². The van der Waals surface area contributed by atoms with Gasteiger partial charge >= 0.3 is 0 Å². The van der Waals surface area contributed by atoms with E-state index in [0.717, 1.165) is 17.0 Å². The molecular formula is C11H14ClNOS. The minimum Gasteiger partial charge on any atom is -0.325 e. The molecule has 0 spiro atoms. The molecule has 2 nitrogen and oxygen atoms in total. The Balaban J connectivity index is 2.60. The third-order valence-electron chi connectivity index (χ3n) is 1.90. The fourth-order valence-electron chi connectivity index (χ4n) is 1.15. The van der Waals surface area contributed by atoms with Gasteiger partial charge in [0, 0.05) is 10.7 Å². The summed E-state index contributed by atoms with van der Waals surface area (Å²) in [6, 6.07) is 5.44. The van der Waals surface area contributed by atoms with Gasteiger partial charge in [0.1, 0.15) is 0 Å². The lowest BCUT2D eigenvalue weighted by Crippen LogP contribution is -2.14. The second kappa shape index (κ2) is 6.03. The van der Waals surface area contributed by atoms with E-state index in [2.05, 4.69) is 5.32 Å². The molecule has 4 heteroatoms. The van der Waals surface area contributed by atoms with Crippen LogP contribution in [0.3, 0.4) is 0 Å². The van der Waals surface area contributed by atoms with E-state index < -0.39 is 0 Å². The molecule has 0 aliphatic heterocycles. The molecule has 0 fully saturated rings. The maximum Gasteiger partial charge on any atom is 0.234 e. The van der Waals surface area contributed by atoms with Crippen molar-refractivity contribution < 1.29 is 4.79 Å². The van der Waals surface area contributed by atoms with Crippen LogP contribution < -0.4 is 5.32 Å². The standard InChI is InChI=1S/C11H14ClNOS/c1-3-15-7-11(14)13-10-5-4-9(12)6-8(10)2/h4-6H,3,7H2,1-2H3,(H,13,14). The first-order valence-corrected chi connectivity index (χ1v) is 6.30. The molecule has 1 N–H and O–H groups in total. The molecule has 0 bridgehead atoms. The highest BCUT2D eigenvalue weighted by molar-refractivity contribution is 7.99. The number of carbonyl (C=O) groups is 1. The first kappa shape index (κ1) is 12.4. The molecule has 1 rings (SSSR count). The number of aryl methyl sites for hydroxylation is 1. The highest BCUT2D eigenvalue weighted by Gasteiger charge is 2.04. The Morgan fingerprint density at radius 3 is 2.87 bits per heavy atom. The summed E-state index contributed by atoms with van der Waals surface area (Å²) < 4.78 is 0. The Bertz CT molecular complexity index is 354. The Hall–Kier alpha value is -0.670. The Morgan fingerprint density at radius 1 is 1.53 bits per heavy atom. The number of nitrogens with one attached hydrogen (secondary N) is 1. The van der Waals surface area contributed by atoms with E-state index in [0.29, 0.717) is 10.8 Å². The fourth-order valence-corrected chi connectivity index (χ4v) is 1.84. The van der Waals surface area contributed by atoms with Crippen LogP contribution in [-0.4, -0.2) is 17.4 Å². The molecule has 0 unspecified atom stereocenters. The molecule has 1 amide bonds. The number of halogens is 1. The normalized spacial score (nSPS) is 10.1. The molecule has 0 aliphatic rings. The molecule has 15 heavy (non-hydrogen) atoms. The zero-order valence-electron chi connectivity index (χ0n) is 8.84. The quantitative estimate of drug-likeness (QED) is 0.879. The van der Waals surface area contributed by atoms with Gasteiger partial charge in [-0.05, 0) is 36.4 Å². The van der Waals surface area contributed by atoms with Crippen molar-refractivity contribution in [3.05, 3.63) is 28.8 Å². The number of hydrogen-bond acceptors (Lipinski definition) is 2. The smallest absolute Gasteiger partial charge is 0.234 e. The van der Waals surface area contributed by atoms with Crippen molar-refractivity contribution in [3.8, 4) is 0 Å². The number of benzene rings is 1. The zero-order chi connectivity index (χ0) is 11.3. The third-order valence-corrected chi connectivity index (χ3v) is 3.01. The SMILES string of the molecule is CCSCC(=O)Nc1ccc(Cl)cc1C. The van der Waals surface area contributed by atoms with Crippen LogP contribution in [0.2, 0.25) is 5.02 Å². The molecule has 0 atom stereocenters. The molecule has 1 aromatic rings. The molecule has 0 saturated heterocycles. The summed E-state index contributed by atoms with van der Waals surface area (Å²) in [6.07, 6.45) is 0. The van der Waals surface area contributed by atoms with Gasteiger partial charge in [-0.3, -0.25) is 4.79 Å². The van der Waals surface area contributed by atoms with Crippen LogP contribution in [-0.2, 0) is 4.79 Å². The number of rotatable bonds is 4. The molecule has 0 aromatic heterocycles. The number of anilines is 1. The summed E-state index contributed by atoms with van der Waals surface area (Å²) >= 11 is 7.43. The third kappa shape index (κ3) is 4.14. The Labute approximate surface area is 99.4 Å². The van der Waals surface area contributed by atoms with Gasteiger partial charge < -0.3 is 5.32 Å². The van der Waals surface area contributed by atoms with Crippen LogP contribution in [0.4, 0.5) is 5.69 Å². The monoisotopic (exact) mass is 243 g/mol. The lowest BCUT2D eigenvalue weighted by atomic mass is 10.2. The highest BCUT2D eigenvalue weighted by atomic mass is 35.5. The highest BCUT2D eigenvalue weighted by Crippen LogP contribution is 2.19. The van der Waals surface area contributed by atoms with Crippen LogP contribution in [0.25, 0.3) is 0 Å². The second-order valence-electron chi connectivity index (χ2n) is 3.14. The van der Waals surface area contributed by atoms with Crippen molar-refractivity contribution in [3.63, 3.8) is 0 Å². The number of carbonyl (C=O) groups excluding carboxylic acids is 1. The first-order chi connectivity index (χ1) is 7.13. The van der Waals surface area contributed by atoms with Gasteiger partial charge in [-0.2, -0.15) is 11.8 Å². The maximum atomic E-state index is 11.4. The lowest BCUT2D eigenvalue weighted by molar-refractivity contribution is -0.113. The molecular weight excluding hydrogens is 230 g/mol. The van der Waals surface area contributed by atoms with Crippen LogP contribution in [0.5, 0.6) is 0 Å². The van der Waals surface area contributed by atoms with Crippen LogP contribution >= 0.6 is 23.4 Å². The fraction of sp³-hybridized carbons (Fsp3) is 0.364. The summed E-state index contributed by atoms with van der Waals surface area (Å²) in [5, 5.41) is 3.54. The van der Waals surface area contributed by atoms with Crippen LogP contribution in [0.15, 0.2) is 18.2 Å². The predicted octanol–water partition coefficient (Wildman–Crippen LogP) is 3.34. The first-order valence-electron chi connectivity index (χ1n) is 4.77. The molecule has 0 radical (unpaired) electrons. The topological polar surface area (TPSA) is 29.1 Å². The summed E-state index contributed by atoms with van der Waals surface area (Å²) in [6.45, 7) is 3.96. The van der Waals surface area contributed by atoms with Crippen molar-refractivity contribution in [2.45, 2.75) is 13.8 Å². The summed E-state index contributed by atoms with van der Waals surface area (Å²) in [7, 11) is 0.